The molecule has 2 heterocycles. The Labute approximate surface area is 144 Å². The summed E-state index contributed by atoms with van der Waals surface area (Å²) in [4.78, 5) is 29.1. The first kappa shape index (κ1) is 16.4. The second-order valence-electron chi connectivity index (χ2n) is 8.69. The van der Waals surface area contributed by atoms with Gasteiger partial charge in [-0.05, 0) is 50.9 Å². The molecule has 0 unspecified atom stereocenters. The molecule has 0 radical (unpaired) electrons. The predicted octanol–water partition coefficient (Wildman–Crippen LogP) is 2.20. The summed E-state index contributed by atoms with van der Waals surface area (Å²) in [6, 6.07) is 0. The summed E-state index contributed by atoms with van der Waals surface area (Å²) < 4.78 is 5.60. The monoisotopic (exact) mass is 334 g/mol. The Morgan fingerprint density at radius 1 is 1.21 bits per heavy atom. The summed E-state index contributed by atoms with van der Waals surface area (Å²) in [5.74, 6) is 1.35. The lowest BCUT2D eigenvalue weighted by molar-refractivity contribution is -0.146. The van der Waals surface area contributed by atoms with Crippen LogP contribution in [0.1, 0.15) is 57.8 Å². The summed E-state index contributed by atoms with van der Waals surface area (Å²) in [5, 5.41) is 0. The van der Waals surface area contributed by atoms with E-state index in [9.17, 15) is 9.59 Å². The van der Waals surface area contributed by atoms with Gasteiger partial charge >= 0.3 is 0 Å². The number of amides is 2. The molecule has 24 heavy (non-hydrogen) atoms. The molecule has 1 spiro atoms. The van der Waals surface area contributed by atoms with E-state index in [2.05, 4.69) is 4.90 Å². The fraction of sp³-hybridized carbons (Fsp3) is 0.895. The van der Waals surface area contributed by atoms with Crippen LogP contribution < -0.4 is 0 Å². The zero-order valence-corrected chi connectivity index (χ0v) is 14.9. The number of likely N-dealkylation sites (tertiary alicyclic amines) is 2. The number of piperidine rings is 1. The Morgan fingerprint density at radius 2 is 1.92 bits per heavy atom. The van der Waals surface area contributed by atoms with Crippen molar-refractivity contribution in [3.63, 3.8) is 0 Å². The van der Waals surface area contributed by atoms with Gasteiger partial charge in [-0.25, -0.2) is 0 Å². The minimum absolute atomic E-state index is 0.137. The van der Waals surface area contributed by atoms with Gasteiger partial charge in [0.05, 0.1) is 12.0 Å². The summed E-state index contributed by atoms with van der Waals surface area (Å²) in [6.45, 7) is 3.51. The van der Waals surface area contributed by atoms with Crippen molar-refractivity contribution < 1.29 is 14.3 Å². The number of carbonyl (C=O) groups excluding carboxylic acids is 2. The molecule has 0 N–H and O–H groups in total. The lowest BCUT2D eigenvalue weighted by atomic mass is 9.75. The van der Waals surface area contributed by atoms with Crippen LogP contribution >= 0.6 is 0 Å². The quantitative estimate of drug-likeness (QED) is 0.774. The molecule has 0 atom stereocenters. The normalized spacial score (nSPS) is 28.3. The zero-order valence-electron chi connectivity index (χ0n) is 14.9. The maximum atomic E-state index is 12.6. The molecule has 0 aromatic carbocycles. The molecule has 0 aromatic rings. The van der Waals surface area contributed by atoms with Gasteiger partial charge in [-0.2, -0.15) is 0 Å². The number of hydrogen-bond acceptors (Lipinski definition) is 3. The molecule has 5 heteroatoms. The third kappa shape index (κ3) is 3.07. The van der Waals surface area contributed by atoms with Gasteiger partial charge < -0.3 is 14.5 Å². The Morgan fingerprint density at radius 3 is 2.46 bits per heavy atom. The molecule has 2 aliphatic carbocycles. The van der Waals surface area contributed by atoms with Crippen LogP contribution in [-0.4, -0.2) is 60.5 Å². The molecular weight excluding hydrogens is 304 g/mol. The van der Waals surface area contributed by atoms with Crippen molar-refractivity contribution in [2.75, 3.05) is 33.3 Å². The highest BCUT2D eigenvalue weighted by atomic mass is 16.5. The highest BCUT2D eigenvalue weighted by Crippen LogP contribution is 2.43. The van der Waals surface area contributed by atoms with Crippen LogP contribution in [0, 0.1) is 11.3 Å². The largest absolute Gasteiger partial charge is 0.378 e. The maximum absolute atomic E-state index is 12.6. The standard InChI is InChI=1S/C19H30N2O3/c1-24-19(5-2-6-19)12-17(23)20-9-7-18(8-10-20)11-16(22)21(14-18)13-15-3-4-15/h15H,2-14H2,1H3. The highest BCUT2D eigenvalue weighted by Gasteiger charge is 2.47. The number of rotatable bonds is 5. The minimum Gasteiger partial charge on any atom is -0.378 e. The topological polar surface area (TPSA) is 49.9 Å². The van der Waals surface area contributed by atoms with E-state index in [1.54, 1.807) is 7.11 Å². The first-order valence-corrected chi connectivity index (χ1v) is 9.64. The molecule has 0 aromatic heterocycles. The van der Waals surface area contributed by atoms with Crippen LogP contribution in [0.3, 0.4) is 0 Å². The Hall–Kier alpha value is -1.10. The molecule has 134 valence electrons. The maximum Gasteiger partial charge on any atom is 0.225 e. The fourth-order valence-electron chi connectivity index (χ4n) is 4.74. The van der Waals surface area contributed by atoms with Gasteiger partial charge in [-0.15, -0.1) is 0 Å². The molecule has 0 bridgehead atoms. The zero-order chi connectivity index (χ0) is 16.8. The van der Waals surface area contributed by atoms with E-state index >= 15 is 0 Å². The Kier molecular flexibility index (Phi) is 4.10. The Balaban J connectivity index is 1.30. The van der Waals surface area contributed by atoms with Crippen molar-refractivity contribution in [1.29, 1.82) is 0 Å². The van der Waals surface area contributed by atoms with E-state index in [-0.39, 0.29) is 16.9 Å². The first-order valence-electron chi connectivity index (χ1n) is 9.64. The van der Waals surface area contributed by atoms with E-state index in [0.717, 1.165) is 57.8 Å². The Bertz CT molecular complexity index is 511. The van der Waals surface area contributed by atoms with E-state index < -0.39 is 0 Å². The molecule has 2 saturated heterocycles. The van der Waals surface area contributed by atoms with Crippen molar-refractivity contribution in [3.05, 3.63) is 0 Å². The average molecular weight is 334 g/mol. The van der Waals surface area contributed by atoms with Crippen LogP contribution in [0.2, 0.25) is 0 Å². The summed E-state index contributed by atoms with van der Waals surface area (Å²) in [7, 11) is 1.73. The van der Waals surface area contributed by atoms with Gasteiger partial charge in [0.25, 0.3) is 0 Å². The van der Waals surface area contributed by atoms with Crippen LogP contribution in [0.5, 0.6) is 0 Å². The minimum atomic E-state index is -0.184. The lowest BCUT2D eigenvalue weighted by Gasteiger charge is -2.43. The molecule has 4 aliphatic rings. The van der Waals surface area contributed by atoms with Crippen molar-refractivity contribution in [3.8, 4) is 0 Å². The number of ether oxygens (including phenoxy) is 1. The van der Waals surface area contributed by atoms with Crippen LogP contribution in [0.25, 0.3) is 0 Å². The summed E-state index contributed by atoms with van der Waals surface area (Å²) in [6.07, 6.45) is 8.96. The van der Waals surface area contributed by atoms with Gasteiger partial charge in [0, 0.05) is 45.1 Å². The van der Waals surface area contributed by atoms with E-state index in [1.807, 2.05) is 4.90 Å². The highest BCUT2D eigenvalue weighted by molar-refractivity contribution is 5.80. The number of carbonyl (C=O) groups is 2. The molecule has 2 aliphatic heterocycles. The lowest BCUT2D eigenvalue weighted by Crippen LogP contribution is -2.49. The van der Waals surface area contributed by atoms with E-state index in [0.29, 0.717) is 18.7 Å². The van der Waals surface area contributed by atoms with Gasteiger partial charge in [0.1, 0.15) is 0 Å². The summed E-state index contributed by atoms with van der Waals surface area (Å²) in [5.41, 5.74) is -0.0469. The third-order valence-corrected chi connectivity index (χ3v) is 6.93. The van der Waals surface area contributed by atoms with Crippen molar-refractivity contribution >= 4 is 11.8 Å². The second kappa shape index (κ2) is 6.01. The number of methoxy groups -OCH3 is 1. The molecule has 4 rings (SSSR count). The fourth-order valence-corrected chi connectivity index (χ4v) is 4.74. The van der Waals surface area contributed by atoms with Crippen molar-refractivity contribution in [1.82, 2.24) is 9.80 Å². The van der Waals surface area contributed by atoms with Gasteiger partial charge in [0.15, 0.2) is 0 Å². The smallest absolute Gasteiger partial charge is 0.225 e. The predicted molar refractivity (Wildman–Crippen MR) is 90.4 cm³/mol. The number of hydrogen-bond donors (Lipinski definition) is 0. The second-order valence-corrected chi connectivity index (χ2v) is 8.69. The first-order chi connectivity index (χ1) is 11.5. The average Bonchev–Trinajstić information content (AvgIpc) is 3.29. The van der Waals surface area contributed by atoms with Crippen LogP contribution in [-0.2, 0) is 14.3 Å². The third-order valence-electron chi connectivity index (χ3n) is 6.93. The van der Waals surface area contributed by atoms with Crippen molar-refractivity contribution in [2.45, 2.75) is 63.4 Å². The molecular formula is C19H30N2O3. The van der Waals surface area contributed by atoms with Gasteiger partial charge in [-0.1, -0.05) is 0 Å². The van der Waals surface area contributed by atoms with Crippen LogP contribution in [0.15, 0.2) is 0 Å². The molecule has 4 fully saturated rings. The van der Waals surface area contributed by atoms with Crippen molar-refractivity contribution in [2.24, 2.45) is 11.3 Å². The molecule has 2 saturated carbocycles. The van der Waals surface area contributed by atoms with Gasteiger partial charge in [-0.3, -0.25) is 9.59 Å². The molecule has 5 nitrogen and oxygen atoms in total. The van der Waals surface area contributed by atoms with E-state index in [4.69, 9.17) is 4.74 Å². The van der Waals surface area contributed by atoms with Gasteiger partial charge in [0.2, 0.25) is 11.8 Å². The number of nitrogens with zero attached hydrogens (tertiary/aromatic N) is 2. The van der Waals surface area contributed by atoms with Crippen LogP contribution in [0.4, 0.5) is 0 Å². The van der Waals surface area contributed by atoms with E-state index in [1.165, 1.54) is 19.3 Å². The molecule has 2 amide bonds. The SMILES string of the molecule is COC1(CC(=O)N2CCC3(CC2)CC(=O)N(CC2CC2)C3)CCC1. The summed E-state index contributed by atoms with van der Waals surface area (Å²) >= 11 is 0.